The minimum atomic E-state index is 0.0445. The maximum atomic E-state index is 3.60. The van der Waals surface area contributed by atoms with Crippen LogP contribution in [0.3, 0.4) is 0 Å². The van der Waals surface area contributed by atoms with Crippen molar-refractivity contribution in [3.63, 3.8) is 0 Å². The van der Waals surface area contributed by atoms with Crippen molar-refractivity contribution >= 4 is 37.9 Å². The van der Waals surface area contributed by atoms with E-state index in [0.29, 0.717) is 0 Å². The van der Waals surface area contributed by atoms with Gasteiger partial charge in [-0.3, -0.25) is 0 Å². The first-order chi connectivity index (χ1) is 6.14. The van der Waals surface area contributed by atoms with Gasteiger partial charge < -0.3 is 0 Å². The number of alkyl halides is 2. The number of rotatable bonds is 3. The van der Waals surface area contributed by atoms with Gasteiger partial charge in [-0.2, -0.15) is 0 Å². The molecule has 0 aromatic heterocycles. The van der Waals surface area contributed by atoms with Crippen molar-refractivity contribution in [1.29, 1.82) is 0 Å². The number of hydrogen-bond donors (Lipinski definition) is 0. The molecule has 0 fully saturated rings. The highest BCUT2D eigenvalue weighted by Gasteiger charge is 2.12. The zero-order valence-electron chi connectivity index (χ0n) is 7.50. The minimum Gasteiger partial charge on any atom is -0.0910 e. The van der Waals surface area contributed by atoms with Crippen LogP contribution in [-0.2, 0) is 0 Å². The van der Waals surface area contributed by atoms with Crippen molar-refractivity contribution in [2.75, 3.05) is 5.33 Å². The van der Waals surface area contributed by atoms with Crippen LogP contribution in [0, 0.1) is 0 Å². The summed E-state index contributed by atoms with van der Waals surface area (Å²) in [6, 6.07) is 10.3. The Balaban J connectivity index is 2.69. The van der Waals surface area contributed by atoms with Gasteiger partial charge in [0.15, 0.2) is 0 Å². The van der Waals surface area contributed by atoms with E-state index in [1.807, 2.05) is 18.2 Å². The topological polar surface area (TPSA) is 0 Å². The molecule has 0 saturated carbocycles. The highest BCUT2D eigenvalue weighted by molar-refractivity contribution is 9.12. The van der Waals surface area contributed by atoms with Crippen LogP contribution in [0.4, 0.5) is 0 Å². The average Bonchev–Trinajstić information content (AvgIpc) is 2.17. The number of allylic oxidation sites excluding steroid dienone is 1. The molecule has 0 aliphatic carbocycles. The summed E-state index contributed by atoms with van der Waals surface area (Å²) in [4.78, 5) is 0. The van der Waals surface area contributed by atoms with E-state index in [1.54, 1.807) is 0 Å². The highest BCUT2D eigenvalue weighted by Crippen LogP contribution is 2.22. The van der Waals surface area contributed by atoms with E-state index in [1.165, 1.54) is 5.56 Å². The summed E-state index contributed by atoms with van der Waals surface area (Å²) >= 11 is 7.05. The van der Waals surface area contributed by atoms with E-state index in [2.05, 4.69) is 63.1 Å². The largest absolute Gasteiger partial charge is 0.0910 e. The van der Waals surface area contributed by atoms with E-state index in [0.717, 1.165) is 5.33 Å². The molecule has 0 N–H and O–H groups in total. The molecule has 0 amide bonds. The molecule has 0 aliphatic rings. The molecule has 1 aromatic rings. The maximum Gasteiger partial charge on any atom is 0.0508 e. The highest BCUT2D eigenvalue weighted by atomic mass is 79.9. The van der Waals surface area contributed by atoms with Crippen LogP contribution in [0.1, 0.15) is 12.5 Å². The summed E-state index contributed by atoms with van der Waals surface area (Å²) in [5, 5.41) is 0.906. The minimum absolute atomic E-state index is 0.0445. The lowest BCUT2D eigenvalue weighted by molar-refractivity contribution is 0.949. The Morgan fingerprint density at radius 3 is 2.46 bits per heavy atom. The third-order valence-corrected chi connectivity index (χ3v) is 4.15. The number of hydrogen-bond acceptors (Lipinski definition) is 0. The quantitative estimate of drug-likeness (QED) is 0.732. The molecule has 0 spiro atoms. The second-order valence-electron chi connectivity index (χ2n) is 3.16. The molecule has 0 aliphatic heterocycles. The lowest BCUT2D eigenvalue weighted by Gasteiger charge is -2.12. The van der Waals surface area contributed by atoms with Crippen LogP contribution in [0.5, 0.6) is 0 Å². The van der Waals surface area contributed by atoms with Gasteiger partial charge in [0.25, 0.3) is 0 Å². The van der Waals surface area contributed by atoms with E-state index < -0.39 is 0 Å². The average molecular weight is 304 g/mol. The van der Waals surface area contributed by atoms with E-state index in [-0.39, 0.29) is 4.32 Å². The van der Waals surface area contributed by atoms with Gasteiger partial charge in [-0.15, -0.1) is 0 Å². The van der Waals surface area contributed by atoms with E-state index in [9.17, 15) is 0 Å². The van der Waals surface area contributed by atoms with Gasteiger partial charge in [-0.1, -0.05) is 74.3 Å². The van der Waals surface area contributed by atoms with Crippen molar-refractivity contribution in [3.05, 3.63) is 42.0 Å². The summed E-state index contributed by atoms with van der Waals surface area (Å²) in [5.41, 5.74) is 1.23. The molecule has 0 heterocycles. The Bertz CT molecular complexity index is 275. The van der Waals surface area contributed by atoms with Crippen LogP contribution in [0.2, 0.25) is 0 Å². The van der Waals surface area contributed by atoms with Gasteiger partial charge in [-0.05, 0) is 12.5 Å². The Morgan fingerprint density at radius 1 is 1.31 bits per heavy atom. The summed E-state index contributed by atoms with van der Waals surface area (Å²) in [6.45, 7) is 2.13. The van der Waals surface area contributed by atoms with Crippen molar-refractivity contribution in [2.45, 2.75) is 11.2 Å². The first-order valence-corrected chi connectivity index (χ1v) is 6.05. The standard InChI is InChI=1S/C11H12Br2/c1-11(13,9-12)8-7-10-5-3-2-4-6-10/h2-8H,9H2,1H3/b8-7+. The van der Waals surface area contributed by atoms with Gasteiger partial charge in [0.1, 0.15) is 0 Å². The Kier molecular flexibility index (Phi) is 4.20. The predicted molar refractivity (Wildman–Crippen MR) is 66.6 cm³/mol. The second kappa shape index (κ2) is 4.97. The summed E-state index contributed by atoms with van der Waals surface area (Å²) in [7, 11) is 0. The SMILES string of the molecule is CC(Br)(/C=C/c1ccccc1)CBr. The van der Waals surface area contributed by atoms with Gasteiger partial charge in [0.05, 0.1) is 4.32 Å². The van der Waals surface area contributed by atoms with Crippen LogP contribution < -0.4 is 0 Å². The van der Waals surface area contributed by atoms with Gasteiger partial charge >= 0.3 is 0 Å². The van der Waals surface area contributed by atoms with Crippen LogP contribution in [-0.4, -0.2) is 9.65 Å². The lowest BCUT2D eigenvalue weighted by Crippen LogP contribution is -2.12. The summed E-state index contributed by atoms with van der Waals surface area (Å²) in [6.07, 6.45) is 4.27. The summed E-state index contributed by atoms with van der Waals surface area (Å²) in [5.74, 6) is 0. The molecule has 0 bridgehead atoms. The molecule has 0 nitrogen and oxygen atoms in total. The fourth-order valence-corrected chi connectivity index (χ4v) is 1.20. The van der Waals surface area contributed by atoms with Crippen molar-refractivity contribution in [1.82, 2.24) is 0 Å². The van der Waals surface area contributed by atoms with Crippen molar-refractivity contribution in [3.8, 4) is 0 Å². The first-order valence-electron chi connectivity index (χ1n) is 4.13. The third-order valence-electron chi connectivity index (χ3n) is 1.68. The van der Waals surface area contributed by atoms with Gasteiger partial charge in [-0.25, -0.2) is 0 Å². The molecule has 1 rings (SSSR count). The second-order valence-corrected chi connectivity index (χ2v) is 5.53. The number of halogens is 2. The van der Waals surface area contributed by atoms with Crippen LogP contribution in [0.25, 0.3) is 6.08 Å². The van der Waals surface area contributed by atoms with E-state index >= 15 is 0 Å². The third kappa shape index (κ3) is 4.10. The molecular formula is C11H12Br2. The molecule has 1 aromatic carbocycles. The fourth-order valence-electron chi connectivity index (χ4n) is 0.879. The smallest absolute Gasteiger partial charge is 0.0508 e. The molecule has 1 unspecified atom stereocenters. The normalized spacial score (nSPS) is 15.9. The van der Waals surface area contributed by atoms with Crippen LogP contribution >= 0.6 is 31.9 Å². The first kappa shape index (κ1) is 11.0. The zero-order valence-corrected chi connectivity index (χ0v) is 10.7. The monoisotopic (exact) mass is 302 g/mol. The predicted octanol–water partition coefficient (Wildman–Crippen LogP) is 4.25. The molecular weight excluding hydrogens is 292 g/mol. The fraction of sp³-hybridized carbons (Fsp3) is 0.273. The summed E-state index contributed by atoms with van der Waals surface area (Å²) < 4.78 is 0.0445. The van der Waals surface area contributed by atoms with Gasteiger partial charge in [0.2, 0.25) is 0 Å². The van der Waals surface area contributed by atoms with Crippen molar-refractivity contribution in [2.24, 2.45) is 0 Å². The number of benzene rings is 1. The molecule has 13 heavy (non-hydrogen) atoms. The Morgan fingerprint density at radius 2 is 1.92 bits per heavy atom. The molecule has 0 saturated heterocycles. The molecule has 70 valence electrons. The van der Waals surface area contributed by atoms with Crippen molar-refractivity contribution < 1.29 is 0 Å². The molecule has 2 heteroatoms. The molecule has 1 atom stereocenters. The maximum absolute atomic E-state index is 3.60. The molecule has 0 radical (unpaired) electrons. The van der Waals surface area contributed by atoms with Crippen LogP contribution in [0.15, 0.2) is 36.4 Å². The Labute approximate surface area is 96.3 Å². The van der Waals surface area contributed by atoms with Gasteiger partial charge in [0, 0.05) is 5.33 Å². The van der Waals surface area contributed by atoms with E-state index in [4.69, 9.17) is 0 Å². The lowest BCUT2D eigenvalue weighted by atomic mass is 10.1. The Hall–Kier alpha value is -0.0800. The zero-order chi connectivity index (χ0) is 9.73.